The molecule has 0 amide bonds. The zero-order chi connectivity index (χ0) is 11.9. The summed E-state index contributed by atoms with van der Waals surface area (Å²) in [5, 5.41) is 11.6. The van der Waals surface area contributed by atoms with E-state index in [1.165, 1.54) is 4.88 Å². The van der Waals surface area contributed by atoms with E-state index in [9.17, 15) is 5.11 Å². The van der Waals surface area contributed by atoms with Gasteiger partial charge in [-0.3, -0.25) is 0 Å². The van der Waals surface area contributed by atoms with Crippen molar-refractivity contribution in [2.75, 3.05) is 13.6 Å². The van der Waals surface area contributed by atoms with Crippen molar-refractivity contribution in [1.29, 1.82) is 0 Å². The summed E-state index contributed by atoms with van der Waals surface area (Å²) < 4.78 is 0. The first-order chi connectivity index (χ1) is 7.39. The standard InChI is InChI=1S/C12H20N2OS/c1-8-5-12(15,7-14(8)4)6-11-13-9(2)10(3)16-11/h8,15H,5-7H2,1-4H3. The molecule has 0 saturated carbocycles. The maximum Gasteiger partial charge on any atom is 0.0960 e. The van der Waals surface area contributed by atoms with Crippen molar-refractivity contribution in [2.45, 2.75) is 45.3 Å². The zero-order valence-electron chi connectivity index (χ0n) is 10.4. The van der Waals surface area contributed by atoms with Crippen LogP contribution in [0.5, 0.6) is 0 Å². The van der Waals surface area contributed by atoms with Gasteiger partial charge in [-0.1, -0.05) is 0 Å². The lowest BCUT2D eigenvalue weighted by Crippen LogP contribution is -2.34. The third-order valence-corrected chi connectivity index (χ3v) is 4.60. The molecule has 1 fully saturated rings. The second kappa shape index (κ2) is 4.09. The largest absolute Gasteiger partial charge is 0.388 e. The average molecular weight is 240 g/mol. The maximum absolute atomic E-state index is 10.5. The lowest BCUT2D eigenvalue weighted by molar-refractivity contribution is 0.0520. The molecule has 1 aromatic rings. The van der Waals surface area contributed by atoms with Gasteiger partial charge < -0.3 is 10.0 Å². The van der Waals surface area contributed by atoms with Crippen LogP contribution in [0.1, 0.15) is 28.9 Å². The second-order valence-corrected chi connectivity index (χ2v) is 6.41. The molecule has 1 aliphatic rings. The molecule has 1 aromatic heterocycles. The molecule has 0 spiro atoms. The van der Waals surface area contributed by atoms with Crippen LogP contribution in [-0.4, -0.2) is 40.2 Å². The molecule has 2 atom stereocenters. The Morgan fingerprint density at radius 2 is 2.25 bits per heavy atom. The van der Waals surface area contributed by atoms with Crippen LogP contribution in [0.4, 0.5) is 0 Å². The molecule has 4 heteroatoms. The number of thiazole rings is 1. The van der Waals surface area contributed by atoms with Crippen LogP contribution in [0, 0.1) is 13.8 Å². The van der Waals surface area contributed by atoms with Gasteiger partial charge in [0.2, 0.25) is 0 Å². The van der Waals surface area contributed by atoms with Crippen LogP contribution in [0.3, 0.4) is 0 Å². The number of nitrogens with zero attached hydrogens (tertiary/aromatic N) is 2. The van der Waals surface area contributed by atoms with Crippen molar-refractivity contribution in [3.63, 3.8) is 0 Å². The quantitative estimate of drug-likeness (QED) is 0.855. The topological polar surface area (TPSA) is 36.4 Å². The zero-order valence-corrected chi connectivity index (χ0v) is 11.3. The number of likely N-dealkylation sites (N-methyl/N-ethyl adjacent to an activating group) is 1. The summed E-state index contributed by atoms with van der Waals surface area (Å²) in [5.74, 6) is 0. The number of hydrogen-bond acceptors (Lipinski definition) is 4. The van der Waals surface area contributed by atoms with Crippen molar-refractivity contribution in [1.82, 2.24) is 9.88 Å². The molecule has 1 saturated heterocycles. The summed E-state index contributed by atoms with van der Waals surface area (Å²) in [6.45, 7) is 7.04. The van der Waals surface area contributed by atoms with E-state index in [1.54, 1.807) is 11.3 Å². The molecule has 90 valence electrons. The Bertz CT molecular complexity index is 359. The fourth-order valence-electron chi connectivity index (χ4n) is 2.41. The van der Waals surface area contributed by atoms with E-state index >= 15 is 0 Å². The summed E-state index contributed by atoms with van der Waals surface area (Å²) in [6, 6.07) is 0.465. The van der Waals surface area contributed by atoms with E-state index < -0.39 is 5.60 Å². The number of likely N-dealkylation sites (tertiary alicyclic amines) is 1. The van der Waals surface area contributed by atoms with Crippen LogP contribution >= 0.6 is 11.3 Å². The Kier molecular flexibility index (Phi) is 3.07. The number of aliphatic hydroxyl groups is 1. The van der Waals surface area contributed by atoms with Crippen molar-refractivity contribution in [3.8, 4) is 0 Å². The minimum absolute atomic E-state index is 0.465. The Balaban J connectivity index is 2.10. The third-order valence-electron chi connectivity index (χ3n) is 3.52. The summed E-state index contributed by atoms with van der Waals surface area (Å²) in [7, 11) is 2.07. The van der Waals surface area contributed by atoms with Gasteiger partial charge in [-0.25, -0.2) is 4.98 Å². The predicted octanol–water partition coefficient (Wildman–Crippen LogP) is 1.76. The van der Waals surface area contributed by atoms with Crippen LogP contribution in [0.25, 0.3) is 0 Å². The van der Waals surface area contributed by atoms with Gasteiger partial charge in [0.1, 0.15) is 0 Å². The summed E-state index contributed by atoms with van der Waals surface area (Å²) >= 11 is 1.71. The predicted molar refractivity (Wildman–Crippen MR) is 67.0 cm³/mol. The van der Waals surface area contributed by atoms with Crippen LogP contribution in [0.2, 0.25) is 0 Å². The highest BCUT2D eigenvalue weighted by Crippen LogP contribution is 2.30. The van der Waals surface area contributed by atoms with E-state index in [-0.39, 0.29) is 0 Å². The Morgan fingerprint density at radius 1 is 1.56 bits per heavy atom. The van der Waals surface area contributed by atoms with Crippen LogP contribution in [-0.2, 0) is 6.42 Å². The van der Waals surface area contributed by atoms with E-state index in [0.29, 0.717) is 12.5 Å². The Hall–Kier alpha value is -0.450. The van der Waals surface area contributed by atoms with Crippen LogP contribution < -0.4 is 0 Å². The number of aromatic nitrogens is 1. The lowest BCUT2D eigenvalue weighted by Gasteiger charge is -2.20. The van der Waals surface area contributed by atoms with Crippen molar-refractivity contribution in [2.24, 2.45) is 0 Å². The normalized spacial score (nSPS) is 31.2. The highest BCUT2D eigenvalue weighted by Gasteiger charge is 2.39. The van der Waals surface area contributed by atoms with E-state index in [4.69, 9.17) is 0 Å². The first-order valence-corrected chi connectivity index (χ1v) is 6.57. The SMILES string of the molecule is Cc1nc(CC2(O)CC(C)N(C)C2)sc1C. The van der Waals surface area contributed by atoms with E-state index in [2.05, 4.69) is 30.8 Å². The van der Waals surface area contributed by atoms with Crippen molar-refractivity contribution >= 4 is 11.3 Å². The molecule has 0 aliphatic carbocycles. The third kappa shape index (κ3) is 2.29. The molecular formula is C12H20N2OS. The fraction of sp³-hybridized carbons (Fsp3) is 0.750. The first kappa shape index (κ1) is 12.0. The molecular weight excluding hydrogens is 220 g/mol. The fourth-order valence-corrected chi connectivity index (χ4v) is 3.48. The molecule has 16 heavy (non-hydrogen) atoms. The van der Waals surface area contributed by atoms with Gasteiger partial charge in [0.15, 0.2) is 0 Å². The molecule has 0 aromatic carbocycles. The van der Waals surface area contributed by atoms with Gasteiger partial charge in [-0.15, -0.1) is 11.3 Å². The molecule has 1 aliphatic heterocycles. The van der Waals surface area contributed by atoms with Crippen molar-refractivity contribution in [3.05, 3.63) is 15.6 Å². The maximum atomic E-state index is 10.5. The first-order valence-electron chi connectivity index (χ1n) is 5.75. The van der Waals surface area contributed by atoms with Crippen molar-refractivity contribution < 1.29 is 5.11 Å². The molecule has 0 bridgehead atoms. The van der Waals surface area contributed by atoms with Crippen LogP contribution in [0.15, 0.2) is 0 Å². The van der Waals surface area contributed by atoms with Gasteiger partial charge in [0, 0.05) is 23.9 Å². The summed E-state index contributed by atoms with van der Waals surface area (Å²) in [4.78, 5) is 7.99. The van der Waals surface area contributed by atoms with Gasteiger partial charge in [-0.2, -0.15) is 0 Å². The lowest BCUT2D eigenvalue weighted by atomic mass is 9.97. The molecule has 2 unspecified atom stereocenters. The van der Waals surface area contributed by atoms with Gasteiger partial charge in [-0.05, 0) is 34.2 Å². The molecule has 0 radical (unpaired) electrons. The summed E-state index contributed by atoms with van der Waals surface area (Å²) in [5.41, 5.74) is 0.522. The van der Waals surface area contributed by atoms with E-state index in [1.807, 2.05) is 6.92 Å². The minimum Gasteiger partial charge on any atom is -0.388 e. The van der Waals surface area contributed by atoms with Gasteiger partial charge >= 0.3 is 0 Å². The number of β-amino-alcohol motifs (C(OH)–C–C–N with tert-alkyl or cyclic N) is 1. The molecule has 3 nitrogen and oxygen atoms in total. The monoisotopic (exact) mass is 240 g/mol. The smallest absolute Gasteiger partial charge is 0.0960 e. The van der Waals surface area contributed by atoms with E-state index in [0.717, 1.165) is 23.7 Å². The number of aryl methyl sites for hydroxylation is 2. The Labute approximate surface area is 101 Å². The highest BCUT2D eigenvalue weighted by molar-refractivity contribution is 7.11. The molecule has 2 rings (SSSR count). The minimum atomic E-state index is -0.578. The second-order valence-electron chi connectivity index (χ2n) is 5.12. The number of hydrogen-bond donors (Lipinski definition) is 1. The van der Waals surface area contributed by atoms with Gasteiger partial charge in [0.05, 0.1) is 16.3 Å². The Morgan fingerprint density at radius 3 is 2.69 bits per heavy atom. The molecule has 2 heterocycles. The molecule has 1 N–H and O–H groups in total. The summed E-state index contributed by atoms with van der Waals surface area (Å²) in [6.07, 6.45) is 1.54. The average Bonchev–Trinajstić information content (AvgIpc) is 2.55. The number of rotatable bonds is 2. The van der Waals surface area contributed by atoms with Gasteiger partial charge in [0.25, 0.3) is 0 Å². The highest BCUT2D eigenvalue weighted by atomic mass is 32.1.